The number of aliphatic imine (C=N–C) groups is 1. The summed E-state index contributed by atoms with van der Waals surface area (Å²) < 4.78 is 5.71. The SMILES string of the molecule is CCNC(=NCc1ncc(C(C)(C)C)o1)NC(C)C. The lowest BCUT2D eigenvalue weighted by atomic mass is 9.94. The minimum atomic E-state index is -0.0182. The van der Waals surface area contributed by atoms with Crippen LogP contribution < -0.4 is 10.6 Å². The highest BCUT2D eigenvalue weighted by Gasteiger charge is 2.18. The van der Waals surface area contributed by atoms with Gasteiger partial charge < -0.3 is 15.1 Å². The van der Waals surface area contributed by atoms with Gasteiger partial charge in [0.1, 0.15) is 12.3 Å². The number of nitrogens with one attached hydrogen (secondary N) is 2. The summed E-state index contributed by atoms with van der Waals surface area (Å²) in [5.41, 5.74) is -0.0182. The maximum Gasteiger partial charge on any atom is 0.216 e. The maximum absolute atomic E-state index is 5.71. The summed E-state index contributed by atoms with van der Waals surface area (Å²) in [5.74, 6) is 2.32. The number of oxazole rings is 1. The molecular weight excluding hydrogens is 240 g/mol. The monoisotopic (exact) mass is 266 g/mol. The van der Waals surface area contributed by atoms with E-state index in [1.54, 1.807) is 6.20 Å². The van der Waals surface area contributed by atoms with Gasteiger partial charge in [0.25, 0.3) is 0 Å². The average Bonchev–Trinajstić information content (AvgIpc) is 2.73. The summed E-state index contributed by atoms with van der Waals surface area (Å²) in [5, 5.41) is 6.45. The molecule has 108 valence electrons. The van der Waals surface area contributed by atoms with Gasteiger partial charge in [-0.2, -0.15) is 0 Å². The van der Waals surface area contributed by atoms with Crippen molar-refractivity contribution >= 4 is 5.96 Å². The molecule has 1 heterocycles. The van der Waals surface area contributed by atoms with Crippen molar-refractivity contribution < 1.29 is 4.42 Å². The van der Waals surface area contributed by atoms with Crippen LogP contribution in [0.3, 0.4) is 0 Å². The molecule has 0 saturated carbocycles. The first-order valence-corrected chi connectivity index (χ1v) is 6.83. The van der Waals surface area contributed by atoms with Crippen LogP contribution in [0.2, 0.25) is 0 Å². The summed E-state index contributed by atoms with van der Waals surface area (Å²) in [7, 11) is 0. The Morgan fingerprint density at radius 2 is 2.11 bits per heavy atom. The van der Waals surface area contributed by atoms with Crippen LogP contribution in [0.5, 0.6) is 0 Å². The van der Waals surface area contributed by atoms with Crippen LogP contribution in [-0.4, -0.2) is 23.5 Å². The fourth-order valence-corrected chi connectivity index (χ4v) is 1.47. The molecule has 0 unspecified atom stereocenters. The van der Waals surface area contributed by atoms with Crippen LogP contribution in [-0.2, 0) is 12.0 Å². The number of nitrogens with zero attached hydrogens (tertiary/aromatic N) is 2. The van der Waals surface area contributed by atoms with Gasteiger partial charge in [-0.15, -0.1) is 0 Å². The Kier molecular flexibility index (Phi) is 5.39. The van der Waals surface area contributed by atoms with E-state index in [9.17, 15) is 0 Å². The van der Waals surface area contributed by atoms with Crippen LogP contribution in [0.1, 0.15) is 53.2 Å². The number of aromatic nitrogens is 1. The van der Waals surface area contributed by atoms with Crippen molar-refractivity contribution in [3.05, 3.63) is 17.8 Å². The standard InChI is InChI=1S/C14H26N4O/c1-7-15-13(18-10(2)3)17-9-12-16-8-11(19-12)14(4,5)6/h8,10H,7,9H2,1-6H3,(H2,15,17,18). The van der Waals surface area contributed by atoms with E-state index in [1.165, 1.54) is 0 Å². The van der Waals surface area contributed by atoms with E-state index in [-0.39, 0.29) is 5.41 Å². The van der Waals surface area contributed by atoms with Gasteiger partial charge in [-0.05, 0) is 20.8 Å². The predicted molar refractivity (Wildman–Crippen MR) is 78.3 cm³/mol. The summed E-state index contributed by atoms with van der Waals surface area (Å²) in [6.07, 6.45) is 1.79. The van der Waals surface area contributed by atoms with Crippen LogP contribution in [0, 0.1) is 0 Å². The minimum Gasteiger partial charge on any atom is -0.443 e. The van der Waals surface area contributed by atoms with Crippen LogP contribution in [0.25, 0.3) is 0 Å². The Hall–Kier alpha value is -1.52. The normalized spacial score (nSPS) is 12.9. The lowest BCUT2D eigenvalue weighted by Crippen LogP contribution is -2.41. The second-order valence-corrected chi connectivity index (χ2v) is 5.86. The molecule has 0 spiro atoms. The van der Waals surface area contributed by atoms with Crippen molar-refractivity contribution in [1.29, 1.82) is 0 Å². The molecule has 0 amide bonds. The largest absolute Gasteiger partial charge is 0.443 e. The number of rotatable bonds is 4. The Bertz CT molecular complexity index is 415. The summed E-state index contributed by atoms with van der Waals surface area (Å²) in [6.45, 7) is 13.8. The van der Waals surface area contributed by atoms with Crippen LogP contribution >= 0.6 is 0 Å². The molecule has 5 heteroatoms. The molecule has 2 N–H and O–H groups in total. The van der Waals surface area contributed by atoms with E-state index in [4.69, 9.17) is 4.42 Å². The molecule has 0 radical (unpaired) electrons. The van der Waals surface area contributed by atoms with E-state index in [1.807, 2.05) is 6.92 Å². The van der Waals surface area contributed by atoms with Crippen LogP contribution in [0.4, 0.5) is 0 Å². The number of hydrogen-bond acceptors (Lipinski definition) is 3. The third-order valence-corrected chi connectivity index (χ3v) is 2.43. The van der Waals surface area contributed by atoms with Gasteiger partial charge in [0.05, 0.1) is 6.20 Å². The van der Waals surface area contributed by atoms with Gasteiger partial charge in [-0.1, -0.05) is 20.8 Å². The third-order valence-electron chi connectivity index (χ3n) is 2.43. The molecule has 0 atom stereocenters. The predicted octanol–water partition coefficient (Wildman–Crippen LogP) is 2.44. The molecule has 0 aliphatic rings. The first-order chi connectivity index (χ1) is 8.82. The van der Waals surface area contributed by atoms with Gasteiger partial charge in [-0.3, -0.25) is 0 Å². The van der Waals surface area contributed by atoms with Gasteiger partial charge in [0, 0.05) is 18.0 Å². The summed E-state index contributed by atoms with van der Waals surface area (Å²) >= 11 is 0. The molecule has 0 aliphatic carbocycles. The molecule has 0 aromatic carbocycles. The zero-order valence-corrected chi connectivity index (χ0v) is 12.9. The van der Waals surface area contributed by atoms with E-state index < -0.39 is 0 Å². The van der Waals surface area contributed by atoms with Crippen molar-refractivity contribution in [1.82, 2.24) is 15.6 Å². The van der Waals surface area contributed by atoms with Crippen molar-refractivity contribution in [2.75, 3.05) is 6.54 Å². The minimum absolute atomic E-state index is 0.0182. The quantitative estimate of drug-likeness (QED) is 0.649. The Morgan fingerprint density at radius 3 is 2.58 bits per heavy atom. The fourth-order valence-electron chi connectivity index (χ4n) is 1.47. The Balaban J connectivity index is 2.69. The van der Waals surface area contributed by atoms with Gasteiger partial charge in [0.2, 0.25) is 5.89 Å². The van der Waals surface area contributed by atoms with Crippen molar-refractivity contribution in [2.24, 2.45) is 4.99 Å². The highest BCUT2D eigenvalue weighted by atomic mass is 16.4. The van der Waals surface area contributed by atoms with Gasteiger partial charge >= 0.3 is 0 Å². The second kappa shape index (κ2) is 6.59. The molecule has 0 bridgehead atoms. The van der Waals surface area contributed by atoms with E-state index in [2.05, 4.69) is 55.2 Å². The number of guanidine groups is 1. The zero-order chi connectivity index (χ0) is 14.5. The first kappa shape index (κ1) is 15.5. The molecule has 0 saturated heterocycles. The van der Waals surface area contributed by atoms with Crippen molar-refractivity contribution in [2.45, 2.75) is 59.5 Å². The molecule has 0 fully saturated rings. The topological polar surface area (TPSA) is 62.5 Å². The summed E-state index contributed by atoms with van der Waals surface area (Å²) in [6, 6.07) is 0.340. The summed E-state index contributed by atoms with van der Waals surface area (Å²) in [4.78, 5) is 8.72. The van der Waals surface area contributed by atoms with Gasteiger partial charge in [0.15, 0.2) is 5.96 Å². The number of hydrogen-bond donors (Lipinski definition) is 2. The highest BCUT2D eigenvalue weighted by molar-refractivity contribution is 5.79. The maximum atomic E-state index is 5.71. The molecule has 19 heavy (non-hydrogen) atoms. The first-order valence-electron chi connectivity index (χ1n) is 6.83. The molecule has 1 aromatic rings. The smallest absolute Gasteiger partial charge is 0.216 e. The highest BCUT2D eigenvalue weighted by Crippen LogP contribution is 2.22. The molecule has 1 aromatic heterocycles. The fraction of sp³-hybridized carbons (Fsp3) is 0.714. The van der Waals surface area contributed by atoms with E-state index in [0.29, 0.717) is 18.5 Å². The lowest BCUT2D eigenvalue weighted by molar-refractivity contribution is 0.383. The molecular formula is C14H26N4O. The lowest BCUT2D eigenvalue weighted by Gasteiger charge is -2.14. The molecule has 0 aliphatic heterocycles. The Labute approximate surface area is 115 Å². The zero-order valence-electron chi connectivity index (χ0n) is 12.9. The third kappa shape index (κ3) is 5.32. The van der Waals surface area contributed by atoms with E-state index >= 15 is 0 Å². The van der Waals surface area contributed by atoms with Crippen LogP contribution in [0.15, 0.2) is 15.6 Å². The molecule has 5 nitrogen and oxygen atoms in total. The van der Waals surface area contributed by atoms with Crippen molar-refractivity contribution in [3.8, 4) is 0 Å². The average molecular weight is 266 g/mol. The van der Waals surface area contributed by atoms with Gasteiger partial charge in [-0.25, -0.2) is 9.98 Å². The van der Waals surface area contributed by atoms with E-state index in [0.717, 1.165) is 18.3 Å². The van der Waals surface area contributed by atoms with Crippen molar-refractivity contribution in [3.63, 3.8) is 0 Å². The Morgan fingerprint density at radius 1 is 1.42 bits per heavy atom. The second-order valence-electron chi connectivity index (χ2n) is 5.86. The molecule has 1 rings (SSSR count).